The van der Waals surface area contributed by atoms with E-state index in [0.29, 0.717) is 36.8 Å². The molecule has 144 valence electrons. The number of hydrogen-bond acceptors (Lipinski definition) is 4. The van der Waals surface area contributed by atoms with E-state index in [1.807, 2.05) is 30.7 Å². The minimum Gasteiger partial charge on any atom is -0.386 e. The molecule has 1 atom stereocenters. The maximum atomic E-state index is 13.2. The monoisotopic (exact) mass is 370 g/mol. The van der Waals surface area contributed by atoms with E-state index < -0.39 is 6.10 Å². The Hall–Kier alpha value is -2.41. The molecule has 27 heavy (non-hydrogen) atoms. The highest BCUT2D eigenvalue weighted by Crippen LogP contribution is 2.40. The molecule has 4 rings (SSSR count). The van der Waals surface area contributed by atoms with Crippen molar-refractivity contribution in [2.75, 3.05) is 6.54 Å². The Bertz CT molecular complexity index is 955. The molecular weight excluding hydrogens is 344 g/mol. The number of aliphatic hydroxyl groups is 1. The second kappa shape index (κ2) is 6.64. The fourth-order valence-electron chi connectivity index (χ4n) is 3.85. The van der Waals surface area contributed by atoms with E-state index in [2.05, 4.69) is 5.10 Å². The Morgan fingerprint density at radius 3 is 2.70 bits per heavy atom. The summed E-state index contributed by atoms with van der Waals surface area (Å²) in [6.07, 6.45) is 2.35. The number of pyridine rings is 1. The molecular formula is C20H26N4O3. The van der Waals surface area contributed by atoms with E-state index in [9.17, 15) is 14.7 Å². The van der Waals surface area contributed by atoms with Gasteiger partial charge in [0.2, 0.25) is 0 Å². The maximum Gasteiger partial charge on any atom is 0.263 e. The smallest absolute Gasteiger partial charge is 0.263 e. The summed E-state index contributed by atoms with van der Waals surface area (Å²) in [5.41, 5.74) is 3.15. The minimum atomic E-state index is -0.514. The van der Waals surface area contributed by atoms with Crippen molar-refractivity contribution < 1.29 is 9.90 Å². The fraction of sp³-hybridized carbons (Fsp3) is 0.550. The lowest BCUT2D eigenvalue weighted by Crippen LogP contribution is -2.37. The Morgan fingerprint density at radius 2 is 2.00 bits per heavy atom. The largest absolute Gasteiger partial charge is 0.386 e. The topological polar surface area (TPSA) is 80.4 Å². The number of aryl methyl sites for hydroxylation is 3. The van der Waals surface area contributed by atoms with Gasteiger partial charge in [-0.3, -0.25) is 14.3 Å². The molecule has 0 bridgehead atoms. The van der Waals surface area contributed by atoms with Gasteiger partial charge < -0.3 is 14.6 Å². The lowest BCUT2D eigenvalue weighted by molar-refractivity contribution is 0.0742. The summed E-state index contributed by atoms with van der Waals surface area (Å²) in [5.74, 6) is 0.0900. The van der Waals surface area contributed by atoms with Crippen LogP contribution in [-0.4, -0.2) is 36.8 Å². The highest BCUT2D eigenvalue weighted by Gasteiger charge is 2.33. The number of nitrogens with zero attached hydrogens (tertiary/aromatic N) is 4. The molecule has 0 unspecified atom stereocenters. The molecule has 1 fully saturated rings. The Balaban J connectivity index is 1.63. The van der Waals surface area contributed by atoms with Gasteiger partial charge in [0.05, 0.1) is 17.9 Å². The molecule has 1 N–H and O–H groups in total. The Labute approximate surface area is 158 Å². The first-order chi connectivity index (χ1) is 12.9. The summed E-state index contributed by atoms with van der Waals surface area (Å²) in [7, 11) is 1.69. The standard InChI is InChI=1S/C20H26N4O3/c1-12-9-13(2)22(3)19(26)17(12)20(27)23-7-4-8-24-15(11-23)10-16(21-24)18(25)14-5-6-14/h9-10,14,18,25H,4-8,11H2,1-3H3/t18-/m0/s1. The third-order valence-corrected chi connectivity index (χ3v) is 5.77. The normalized spacial score (nSPS) is 18.1. The van der Waals surface area contributed by atoms with Crippen molar-refractivity contribution in [3.63, 3.8) is 0 Å². The summed E-state index contributed by atoms with van der Waals surface area (Å²) in [6, 6.07) is 3.79. The molecule has 7 heteroatoms. The van der Waals surface area contributed by atoms with Crippen LogP contribution < -0.4 is 5.56 Å². The van der Waals surface area contributed by atoms with E-state index in [4.69, 9.17) is 0 Å². The van der Waals surface area contributed by atoms with E-state index in [1.165, 1.54) is 4.57 Å². The first kappa shape index (κ1) is 18.0. The number of carbonyl (C=O) groups is 1. The van der Waals surface area contributed by atoms with Gasteiger partial charge in [0, 0.05) is 25.8 Å². The number of rotatable bonds is 3. The zero-order valence-electron chi connectivity index (χ0n) is 16.1. The Morgan fingerprint density at radius 1 is 1.26 bits per heavy atom. The average Bonchev–Trinajstić information content (AvgIpc) is 3.43. The van der Waals surface area contributed by atoms with Gasteiger partial charge in [-0.2, -0.15) is 5.10 Å². The first-order valence-electron chi connectivity index (χ1n) is 9.58. The highest BCUT2D eigenvalue weighted by atomic mass is 16.3. The molecule has 0 radical (unpaired) electrons. The van der Waals surface area contributed by atoms with Crippen LogP contribution in [0, 0.1) is 19.8 Å². The lowest BCUT2D eigenvalue weighted by atomic mass is 10.1. The number of amides is 1. The van der Waals surface area contributed by atoms with Crippen LogP contribution in [0.2, 0.25) is 0 Å². The molecule has 0 spiro atoms. The zero-order valence-corrected chi connectivity index (χ0v) is 16.1. The van der Waals surface area contributed by atoms with Crippen LogP contribution in [0.25, 0.3) is 0 Å². The van der Waals surface area contributed by atoms with Crippen LogP contribution in [0.3, 0.4) is 0 Å². The molecule has 0 aromatic carbocycles. The predicted molar refractivity (Wildman–Crippen MR) is 100 cm³/mol. The second-order valence-electron chi connectivity index (χ2n) is 7.85. The summed E-state index contributed by atoms with van der Waals surface area (Å²) < 4.78 is 3.42. The second-order valence-corrected chi connectivity index (χ2v) is 7.85. The number of aromatic nitrogens is 3. The molecule has 1 aliphatic carbocycles. The SMILES string of the molecule is Cc1cc(C)n(C)c(=O)c1C(=O)N1CCCn2nc([C@@H](O)C3CC3)cc2C1. The van der Waals surface area contributed by atoms with Crippen LogP contribution in [0.15, 0.2) is 16.9 Å². The lowest BCUT2D eigenvalue weighted by Gasteiger charge is -2.21. The third kappa shape index (κ3) is 3.20. The zero-order chi connectivity index (χ0) is 19.3. The van der Waals surface area contributed by atoms with Crippen molar-refractivity contribution in [3.8, 4) is 0 Å². The average molecular weight is 370 g/mol. The number of fused-ring (bicyclic) bond motifs is 1. The summed E-state index contributed by atoms with van der Waals surface area (Å²) >= 11 is 0. The van der Waals surface area contributed by atoms with Crippen LogP contribution in [0.1, 0.15) is 58.4 Å². The quantitative estimate of drug-likeness (QED) is 0.892. The van der Waals surface area contributed by atoms with Crippen LogP contribution in [-0.2, 0) is 20.1 Å². The number of carbonyl (C=O) groups excluding carboxylic acids is 1. The molecule has 3 heterocycles. The van der Waals surface area contributed by atoms with Crippen molar-refractivity contribution in [2.45, 2.75) is 52.3 Å². The van der Waals surface area contributed by atoms with Gasteiger partial charge in [-0.15, -0.1) is 0 Å². The fourth-order valence-corrected chi connectivity index (χ4v) is 3.85. The van der Waals surface area contributed by atoms with Crippen LogP contribution in [0.4, 0.5) is 0 Å². The third-order valence-electron chi connectivity index (χ3n) is 5.77. The van der Waals surface area contributed by atoms with Gasteiger partial charge in [0.25, 0.3) is 11.5 Å². The molecule has 2 aromatic heterocycles. The minimum absolute atomic E-state index is 0.230. The summed E-state index contributed by atoms with van der Waals surface area (Å²) in [6.45, 7) is 5.37. The molecule has 1 amide bonds. The molecule has 1 aliphatic heterocycles. The molecule has 0 saturated heterocycles. The molecule has 2 aliphatic rings. The van der Waals surface area contributed by atoms with Gasteiger partial charge in [-0.05, 0) is 56.7 Å². The van der Waals surface area contributed by atoms with E-state index in [1.54, 1.807) is 11.9 Å². The summed E-state index contributed by atoms with van der Waals surface area (Å²) in [5, 5.41) is 14.9. The van der Waals surface area contributed by atoms with Crippen LogP contribution in [0.5, 0.6) is 0 Å². The summed E-state index contributed by atoms with van der Waals surface area (Å²) in [4.78, 5) is 27.6. The van der Waals surface area contributed by atoms with Crippen LogP contribution >= 0.6 is 0 Å². The first-order valence-corrected chi connectivity index (χ1v) is 9.58. The number of hydrogen-bond donors (Lipinski definition) is 1. The van der Waals surface area contributed by atoms with Crippen molar-refractivity contribution in [3.05, 3.63) is 50.7 Å². The van der Waals surface area contributed by atoms with Crippen molar-refractivity contribution >= 4 is 5.91 Å². The van der Waals surface area contributed by atoms with Crippen molar-refractivity contribution in [1.82, 2.24) is 19.2 Å². The van der Waals surface area contributed by atoms with E-state index >= 15 is 0 Å². The molecule has 7 nitrogen and oxygen atoms in total. The van der Waals surface area contributed by atoms with E-state index in [-0.39, 0.29) is 17.0 Å². The van der Waals surface area contributed by atoms with Crippen molar-refractivity contribution in [1.29, 1.82) is 0 Å². The molecule has 2 aromatic rings. The van der Waals surface area contributed by atoms with Gasteiger partial charge in [0.15, 0.2) is 0 Å². The van der Waals surface area contributed by atoms with Crippen molar-refractivity contribution in [2.24, 2.45) is 13.0 Å². The van der Waals surface area contributed by atoms with Gasteiger partial charge in [-0.1, -0.05) is 0 Å². The van der Waals surface area contributed by atoms with Gasteiger partial charge >= 0.3 is 0 Å². The Kier molecular flexibility index (Phi) is 4.42. The highest BCUT2D eigenvalue weighted by molar-refractivity contribution is 5.95. The van der Waals surface area contributed by atoms with E-state index in [0.717, 1.165) is 30.7 Å². The van der Waals surface area contributed by atoms with Gasteiger partial charge in [-0.25, -0.2) is 0 Å². The molecule has 1 saturated carbocycles. The number of aliphatic hydroxyl groups excluding tert-OH is 1. The van der Waals surface area contributed by atoms with Gasteiger partial charge in [0.1, 0.15) is 11.7 Å². The predicted octanol–water partition coefficient (Wildman–Crippen LogP) is 1.69. The maximum absolute atomic E-state index is 13.2.